The van der Waals surface area contributed by atoms with Gasteiger partial charge in [-0.3, -0.25) is 4.79 Å². The van der Waals surface area contributed by atoms with Crippen LogP contribution in [-0.4, -0.2) is 77.2 Å². The van der Waals surface area contributed by atoms with E-state index >= 15 is 0 Å². The van der Waals surface area contributed by atoms with Gasteiger partial charge in [-0.2, -0.15) is 0 Å². The van der Waals surface area contributed by atoms with E-state index in [9.17, 15) is 9.59 Å². The van der Waals surface area contributed by atoms with Crippen molar-refractivity contribution < 1.29 is 14.3 Å². The van der Waals surface area contributed by atoms with Crippen LogP contribution in [0.25, 0.3) is 0 Å². The van der Waals surface area contributed by atoms with E-state index in [0.29, 0.717) is 22.9 Å². The van der Waals surface area contributed by atoms with E-state index in [1.165, 1.54) is 41.2 Å². The highest BCUT2D eigenvalue weighted by molar-refractivity contribution is 8.01. The number of aryl methyl sites for hydroxylation is 1. The smallest absolute Gasteiger partial charge is 0.354 e. The molecular formula is C16H18N8O3S3. The summed E-state index contributed by atoms with van der Waals surface area (Å²) in [5.41, 5.74) is 2.08. The topological polar surface area (TPSA) is 128 Å². The van der Waals surface area contributed by atoms with Gasteiger partial charge in [-0.05, 0) is 22.9 Å². The molecule has 0 aromatic carbocycles. The monoisotopic (exact) mass is 466 g/mol. The van der Waals surface area contributed by atoms with Crippen molar-refractivity contribution in [3.8, 4) is 0 Å². The van der Waals surface area contributed by atoms with Crippen LogP contribution in [0, 0.1) is 6.92 Å². The molecule has 2 aliphatic heterocycles. The van der Waals surface area contributed by atoms with Gasteiger partial charge in [0.15, 0.2) is 4.34 Å². The lowest BCUT2D eigenvalue weighted by molar-refractivity contribution is -0.138. The Balaban J connectivity index is 1.46. The lowest BCUT2D eigenvalue weighted by Crippen LogP contribution is -2.64. The fourth-order valence-corrected chi connectivity index (χ4v) is 6.49. The maximum absolute atomic E-state index is 12.5. The minimum absolute atomic E-state index is 0.0109. The average molecular weight is 467 g/mol. The highest BCUT2D eigenvalue weighted by Gasteiger charge is 2.50. The molecule has 0 bridgehead atoms. The minimum atomic E-state index is -0.413. The summed E-state index contributed by atoms with van der Waals surface area (Å²) in [5.74, 6) is 0.594. The number of esters is 1. The molecule has 1 amide bonds. The molecule has 2 atom stereocenters. The second-order valence-corrected chi connectivity index (χ2v) is 9.94. The number of aromatic nitrogens is 6. The average Bonchev–Trinajstić information content (AvgIpc) is 3.40. The number of carbonyl (C=O) groups is 2. The summed E-state index contributed by atoms with van der Waals surface area (Å²) in [5, 5.41) is 22.6. The molecule has 1 fully saturated rings. The van der Waals surface area contributed by atoms with Gasteiger partial charge in [0.05, 0.1) is 13.2 Å². The van der Waals surface area contributed by atoms with Crippen LogP contribution in [0.4, 0.5) is 0 Å². The van der Waals surface area contributed by atoms with E-state index in [-0.39, 0.29) is 23.9 Å². The Kier molecular flexibility index (Phi) is 6.06. The van der Waals surface area contributed by atoms with Crippen molar-refractivity contribution in [2.45, 2.75) is 29.2 Å². The number of hydrogen-bond acceptors (Lipinski definition) is 12. The van der Waals surface area contributed by atoms with Gasteiger partial charge in [-0.15, -0.1) is 27.1 Å². The number of nitrogens with one attached hydrogen (secondary N) is 1. The first-order valence-electron chi connectivity index (χ1n) is 8.81. The summed E-state index contributed by atoms with van der Waals surface area (Å²) in [6, 6.07) is -0.279. The zero-order chi connectivity index (χ0) is 21.3. The van der Waals surface area contributed by atoms with Gasteiger partial charge < -0.3 is 15.0 Å². The molecule has 0 saturated carbocycles. The molecule has 1 N–H and O–H groups in total. The largest absolute Gasteiger partial charge is 0.464 e. The Bertz CT molecular complexity index is 1010. The second-order valence-electron chi connectivity index (χ2n) is 6.43. The van der Waals surface area contributed by atoms with E-state index in [4.69, 9.17) is 4.74 Å². The van der Waals surface area contributed by atoms with Crippen LogP contribution >= 0.6 is 34.9 Å². The quantitative estimate of drug-likeness (QED) is 0.451. The van der Waals surface area contributed by atoms with E-state index in [1.807, 2.05) is 11.8 Å². The maximum Gasteiger partial charge on any atom is 0.354 e. The second kappa shape index (κ2) is 8.73. The first-order chi connectivity index (χ1) is 14.5. The summed E-state index contributed by atoms with van der Waals surface area (Å²) >= 11 is 4.70. The van der Waals surface area contributed by atoms with Gasteiger partial charge in [0.25, 0.3) is 0 Å². The highest BCUT2D eigenvalue weighted by atomic mass is 32.2. The fourth-order valence-electron chi connectivity index (χ4n) is 3.12. The third-order valence-electron chi connectivity index (χ3n) is 4.48. The van der Waals surface area contributed by atoms with Gasteiger partial charge in [-0.1, -0.05) is 29.7 Å². The van der Waals surface area contributed by atoms with Gasteiger partial charge in [0.2, 0.25) is 5.91 Å². The van der Waals surface area contributed by atoms with Crippen molar-refractivity contribution in [2.24, 2.45) is 0 Å². The molecule has 0 radical (unpaired) electrons. The minimum Gasteiger partial charge on any atom is -0.464 e. The molecule has 158 valence electrons. The molecule has 2 aromatic heterocycles. The zero-order valence-electron chi connectivity index (χ0n) is 16.1. The van der Waals surface area contributed by atoms with Gasteiger partial charge >= 0.3 is 5.97 Å². The normalized spacial score (nSPS) is 20.6. The first kappa shape index (κ1) is 20.8. The summed E-state index contributed by atoms with van der Waals surface area (Å²) in [6.07, 6.45) is 1.37. The summed E-state index contributed by atoms with van der Waals surface area (Å²) in [7, 11) is 1.36. The van der Waals surface area contributed by atoms with Crippen LogP contribution in [0.15, 0.2) is 34.2 Å². The molecule has 4 heterocycles. The molecule has 2 aromatic rings. The maximum atomic E-state index is 12.5. The Morgan fingerprint density at radius 2 is 2.27 bits per heavy atom. The van der Waals surface area contributed by atoms with Crippen molar-refractivity contribution in [1.29, 1.82) is 0 Å². The molecule has 0 unspecified atom stereocenters. The Labute approximate surface area is 184 Å². The van der Waals surface area contributed by atoms with Crippen LogP contribution in [0.1, 0.15) is 5.01 Å². The number of hydrogen-bond donors (Lipinski definition) is 1. The van der Waals surface area contributed by atoms with Crippen molar-refractivity contribution in [3.63, 3.8) is 0 Å². The number of rotatable bonds is 7. The standard InChI is InChI=1S/C16H18N8O3S3/c1-8-12(18-11(25)4-23-7-17-21-22-23)14-24(8)13(15(26)27-3)10(5-28-14)6-29-16-20-19-9(2)30-16/h7,12,14H,1,4-6H2,2-3H3,(H,18,25)/t12-,14-/m1/s1. The number of carbonyl (C=O) groups excluding carboxylic acids is 2. The van der Waals surface area contributed by atoms with Crippen LogP contribution in [0.2, 0.25) is 0 Å². The van der Waals surface area contributed by atoms with Crippen molar-refractivity contribution in [1.82, 2.24) is 40.6 Å². The first-order valence-corrected chi connectivity index (χ1v) is 11.7. The SMILES string of the molecule is C=C1[C@@H](NC(=O)Cn2cnnn2)[C@H]2SCC(CSc3nnc(C)s3)=C(C(=O)OC)N12. The van der Waals surface area contributed by atoms with E-state index in [0.717, 1.165) is 14.9 Å². The number of tetrazole rings is 1. The van der Waals surface area contributed by atoms with Crippen molar-refractivity contribution in [3.05, 3.63) is 34.9 Å². The number of amides is 1. The fraction of sp³-hybridized carbons (Fsp3) is 0.438. The molecule has 1 saturated heterocycles. The zero-order valence-corrected chi connectivity index (χ0v) is 18.6. The van der Waals surface area contributed by atoms with Crippen LogP contribution < -0.4 is 5.32 Å². The molecule has 2 aliphatic rings. The third-order valence-corrected chi connectivity index (χ3v) is 7.88. The predicted molar refractivity (Wildman–Crippen MR) is 111 cm³/mol. The summed E-state index contributed by atoms with van der Waals surface area (Å²) in [6.45, 7) is 5.99. The van der Waals surface area contributed by atoms with Crippen LogP contribution in [0.3, 0.4) is 0 Å². The molecule has 0 aliphatic carbocycles. The number of ether oxygens (including phenoxy) is 1. The van der Waals surface area contributed by atoms with Gasteiger partial charge in [-0.25, -0.2) is 9.48 Å². The van der Waals surface area contributed by atoms with E-state index in [2.05, 4.69) is 37.6 Å². The molecule has 30 heavy (non-hydrogen) atoms. The number of fused-ring (bicyclic) bond motifs is 1. The lowest BCUT2D eigenvalue weighted by atomic mass is 10.00. The van der Waals surface area contributed by atoms with Crippen LogP contribution in [-0.2, 0) is 20.9 Å². The van der Waals surface area contributed by atoms with Crippen molar-refractivity contribution >= 4 is 46.7 Å². The molecule has 0 spiro atoms. The molecule has 11 nitrogen and oxygen atoms in total. The van der Waals surface area contributed by atoms with Crippen molar-refractivity contribution in [2.75, 3.05) is 18.6 Å². The summed E-state index contributed by atoms with van der Waals surface area (Å²) < 4.78 is 7.22. The molecule has 4 rings (SSSR count). The molecular weight excluding hydrogens is 448 g/mol. The summed E-state index contributed by atoms with van der Waals surface area (Å²) in [4.78, 5) is 26.7. The Morgan fingerprint density at radius 1 is 1.43 bits per heavy atom. The number of methoxy groups -OCH3 is 1. The molecule has 14 heteroatoms. The number of nitrogens with zero attached hydrogens (tertiary/aromatic N) is 7. The van der Waals surface area contributed by atoms with E-state index < -0.39 is 5.97 Å². The van der Waals surface area contributed by atoms with Crippen LogP contribution in [0.5, 0.6) is 0 Å². The Morgan fingerprint density at radius 3 is 2.93 bits per heavy atom. The number of thioether (sulfide) groups is 2. The lowest BCUT2D eigenvalue weighted by Gasteiger charge is -2.53. The van der Waals surface area contributed by atoms with Gasteiger partial charge in [0, 0.05) is 17.2 Å². The Hall–Kier alpha value is -2.45. The highest BCUT2D eigenvalue weighted by Crippen LogP contribution is 2.46. The van der Waals surface area contributed by atoms with Gasteiger partial charge in [0.1, 0.15) is 29.0 Å². The predicted octanol–water partition coefficient (Wildman–Crippen LogP) is 0.439. The third kappa shape index (κ3) is 4.06. The van der Waals surface area contributed by atoms with E-state index in [1.54, 1.807) is 11.8 Å².